The van der Waals surface area contributed by atoms with Crippen LogP contribution >= 0.6 is 11.3 Å². The molecule has 2 unspecified atom stereocenters. The summed E-state index contributed by atoms with van der Waals surface area (Å²) in [6, 6.07) is -1.08. The molecule has 3 N–H and O–H groups in total. The second-order valence-corrected chi connectivity index (χ2v) is 3.67. The molecule has 76 valence electrons. The van der Waals surface area contributed by atoms with Crippen LogP contribution in [0.1, 0.15) is 17.3 Å². The molecular weight excluding hydrogens is 204 g/mol. The van der Waals surface area contributed by atoms with Gasteiger partial charge in [0.25, 0.3) is 0 Å². The molecule has 1 aromatic heterocycles. The van der Waals surface area contributed by atoms with E-state index in [1.807, 2.05) is 0 Å². The first-order valence-electron chi connectivity index (χ1n) is 3.98. The van der Waals surface area contributed by atoms with Crippen molar-refractivity contribution in [2.45, 2.75) is 18.4 Å². The van der Waals surface area contributed by atoms with E-state index in [0.717, 1.165) is 0 Å². The third-order valence-corrected chi connectivity index (χ3v) is 2.74. The Morgan fingerprint density at radius 2 is 2.50 bits per heavy atom. The minimum atomic E-state index is -1.12. The van der Waals surface area contributed by atoms with E-state index < -0.39 is 17.9 Å². The largest absolute Gasteiger partial charge is 0.480 e. The lowest BCUT2D eigenvalue weighted by Gasteiger charge is -2.15. The number of aliphatic carboxylic acids is 1. The Kier molecular flexibility index (Phi) is 3.73. The highest BCUT2D eigenvalue weighted by atomic mass is 32.1. The van der Waals surface area contributed by atoms with Crippen molar-refractivity contribution in [3.05, 3.63) is 16.6 Å². The number of hydrogen-bond acceptors (Lipinski definition) is 5. The van der Waals surface area contributed by atoms with Crippen LogP contribution in [-0.2, 0) is 9.59 Å². The van der Waals surface area contributed by atoms with Crippen LogP contribution in [0, 0.1) is 0 Å². The van der Waals surface area contributed by atoms with Gasteiger partial charge < -0.3 is 15.6 Å². The number of carbonyl (C=O) groups excluding carboxylic acids is 1. The fourth-order valence-electron chi connectivity index (χ4n) is 1.09. The molecule has 0 amide bonds. The zero-order chi connectivity index (χ0) is 10.6. The number of rotatable bonds is 5. The zero-order valence-electron chi connectivity index (χ0n) is 7.29. The smallest absolute Gasteiger partial charge is 0.321 e. The van der Waals surface area contributed by atoms with Crippen molar-refractivity contribution < 1.29 is 14.7 Å². The number of hydrogen-bond donors (Lipinski definition) is 2. The van der Waals surface area contributed by atoms with Gasteiger partial charge in [0.1, 0.15) is 12.3 Å². The summed E-state index contributed by atoms with van der Waals surface area (Å²) in [5, 5.41) is 11.0. The Hall–Kier alpha value is -1.27. The Morgan fingerprint density at radius 3 is 2.93 bits per heavy atom. The Labute approximate surface area is 84.6 Å². The summed E-state index contributed by atoms with van der Waals surface area (Å²) < 4.78 is 0. The minimum Gasteiger partial charge on any atom is -0.480 e. The highest BCUT2D eigenvalue weighted by Gasteiger charge is 2.27. The summed E-state index contributed by atoms with van der Waals surface area (Å²) in [5.74, 6) is -1.64. The number of carboxylic acid groups (broad SMARTS) is 1. The van der Waals surface area contributed by atoms with Gasteiger partial charge >= 0.3 is 5.97 Å². The Bertz CT molecular complexity index is 312. The van der Waals surface area contributed by atoms with E-state index in [1.165, 1.54) is 11.3 Å². The maximum Gasteiger partial charge on any atom is 0.321 e. The number of carboxylic acids is 1. The highest BCUT2D eigenvalue weighted by Crippen LogP contribution is 2.23. The maximum absolute atomic E-state index is 10.6. The van der Waals surface area contributed by atoms with E-state index in [1.54, 1.807) is 11.6 Å². The van der Waals surface area contributed by atoms with Crippen LogP contribution in [0.25, 0.3) is 0 Å². The van der Waals surface area contributed by atoms with Crippen molar-refractivity contribution in [3.63, 3.8) is 0 Å². The normalized spacial score (nSPS) is 14.6. The van der Waals surface area contributed by atoms with E-state index in [2.05, 4.69) is 4.98 Å². The van der Waals surface area contributed by atoms with Gasteiger partial charge in [-0.3, -0.25) is 4.79 Å². The molecule has 1 heterocycles. The first-order chi connectivity index (χ1) is 6.66. The van der Waals surface area contributed by atoms with E-state index in [9.17, 15) is 9.59 Å². The molecule has 0 aliphatic carbocycles. The molecule has 0 spiro atoms. The van der Waals surface area contributed by atoms with Gasteiger partial charge in [-0.1, -0.05) is 0 Å². The van der Waals surface area contributed by atoms with Crippen LogP contribution in [0.3, 0.4) is 0 Å². The van der Waals surface area contributed by atoms with Crippen molar-refractivity contribution in [2.24, 2.45) is 5.73 Å². The van der Waals surface area contributed by atoms with Gasteiger partial charge in [0.2, 0.25) is 0 Å². The molecule has 5 nitrogen and oxygen atoms in total. The predicted octanol–water partition coefficient (Wildman–Crippen LogP) is 0.228. The lowest BCUT2D eigenvalue weighted by Crippen LogP contribution is -2.36. The molecule has 0 fully saturated rings. The van der Waals surface area contributed by atoms with Gasteiger partial charge in [0.05, 0.1) is 5.01 Å². The molecule has 0 saturated heterocycles. The van der Waals surface area contributed by atoms with Crippen LogP contribution in [0.15, 0.2) is 11.6 Å². The average molecular weight is 214 g/mol. The van der Waals surface area contributed by atoms with Crippen molar-refractivity contribution in [3.8, 4) is 0 Å². The molecule has 2 atom stereocenters. The molecule has 0 aromatic carbocycles. The summed E-state index contributed by atoms with van der Waals surface area (Å²) in [5.41, 5.74) is 5.45. The van der Waals surface area contributed by atoms with Crippen LogP contribution in [-0.4, -0.2) is 28.4 Å². The monoisotopic (exact) mass is 214 g/mol. The van der Waals surface area contributed by atoms with Crippen molar-refractivity contribution in [2.75, 3.05) is 0 Å². The van der Waals surface area contributed by atoms with Crippen molar-refractivity contribution in [1.82, 2.24) is 4.98 Å². The quantitative estimate of drug-likeness (QED) is 0.684. The third-order valence-electron chi connectivity index (χ3n) is 1.84. The molecule has 0 aliphatic rings. The van der Waals surface area contributed by atoms with Gasteiger partial charge in [-0.05, 0) is 0 Å². The van der Waals surface area contributed by atoms with Gasteiger partial charge in [0.15, 0.2) is 0 Å². The molecule has 0 bridgehead atoms. The maximum atomic E-state index is 10.6. The number of aromatic nitrogens is 1. The van der Waals surface area contributed by atoms with Crippen LogP contribution in [0.4, 0.5) is 0 Å². The van der Waals surface area contributed by atoms with Gasteiger partial charge in [-0.15, -0.1) is 11.3 Å². The zero-order valence-corrected chi connectivity index (χ0v) is 8.11. The predicted molar refractivity (Wildman–Crippen MR) is 51.1 cm³/mol. The average Bonchev–Trinajstić information content (AvgIpc) is 2.65. The number of thiazole rings is 1. The van der Waals surface area contributed by atoms with E-state index >= 15 is 0 Å². The van der Waals surface area contributed by atoms with Gasteiger partial charge in [-0.2, -0.15) is 0 Å². The first kappa shape index (κ1) is 10.8. The number of carbonyl (C=O) groups is 2. The SMILES string of the molecule is NC(C(=O)O)C(CC=O)c1nccs1. The van der Waals surface area contributed by atoms with E-state index in [4.69, 9.17) is 10.8 Å². The lowest BCUT2D eigenvalue weighted by molar-refractivity contribution is -0.139. The third kappa shape index (κ3) is 2.36. The number of nitrogens with two attached hydrogens (primary N) is 1. The van der Waals surface area contributed by atoms with Gasteiger partial charge in [-0.25, -0.2) is 4.98 Å². The standard InChI is InChI=1S/C8H10N2O3S/c9-6(8(12)13)5(1-3-11)7-10-2-4-14-7/h2-6H,1,9H2,(H,12,13). The topological polar surface area (TPSA) is 93.3 Å². The summed E-state index contributed by atoms with van der Waals surface area (Å²) in [6.07, 6.45) is 2.31. The summed E-state index contributed by atoms with van der Waals surface area (Å²) in [7, 11) is 0. The molecule has 1 aromatic rings. The van der Waals surface area contributed by atoms with Crippen LogP contribution in [0.2, 0.25) is 0 Å². The fourth-order valence-corrected chi connectivity index (χ4v) is 1.89. The van der Waals surface area contributed by atoms with Crippen molar-refractivity contribution in [1.29, 1.82) is 0 Å². The molecule has 0 aliphatic heterocycles. The van der Waals surface area contributed by atoms with Gasteiger partial charge in [0, 0.05) is 23.9 Å². The highest BCUT2D eigenvalue weighted by molar-refractivity contribution is 7.09. The molecule has 0 saturated carbocycles. The summed E-state index contributed by atoms with van der Waals surface area (Å²) in [4.78, 5) is 25.0. The van der Waals surface area contributed by atoms with E-state index in [-0.39, 0.29) is 6.42 Å². The first-order valence-corrected chi connectivity index (χ1v) is 4.86. The Morgan fingerprint density at radius 1 is 1.79 bits per heavy atom. The molecular formula is C8H10N2O3S. The molecule has 14 heavy (non-hydrogen) atoms. The summed E-state index contributed by atoms with van der Waals surface area (Å²) in [6.45, 7) is 0. The minimum absolute atomic E-state index is 0.0843. The number of aldehydes is 1. The van der Waals surface area contributed by atoms with Crippen LogP contribution < -0.4 is 5.73 Å². The molecule has 1 rings (SSSR count). The number of nitrogens with zero attached hydrogens (tertiary/aromatic N) is 1. The second kappa shape index (κ2) is 4.83. The van der Waals surface area contributed by atoms with Crippen molar-refractivity contribution >= 4 is 23.6 Å². The summed E-state index contributed by atoms with van der Waals surface area (Å²) >= 11 is 1.30. The fraction of sp³-hybridized carbons (Fsp3) is 0.375. The second-order valence-electron chi connectivity index (χ2n) is 2.74. The Balaban J connectivity index is 2.84. The van der Waals surface area contributed by atoms with Crippen LogP contribution in [0.5, 0.6) is 0 Å². The lowest BCUT2D eigenvalue weighted by atomic mass is 9.98. The molecule has 0 radical (unpaired) electrons. The van der Waals surface area contributed by atoms with E-state index in [0.29, 0.717) is 11.3 Å². The molecule has 6 heteroatoms.